The summed E-state index contributed by atoms with van der Waals surface area (Å²) in [6.45, 7) is 3.34. The molecule has 2 aromatic rings. The zero-order chi connectivity index (χ0) is 11.7. The minimum absolute atomic E-state index is 0.718. The van der Waals surface area contributed by atoms with Crippen LogP contribution in [0.5, 0.6) is 0 Å². The molecule has 2 atom stereocenters. The number of hydrogen-bond acceptors (Lipinski definition) is 1. The van der Waals surface area contributed by atoms with Gasteiger partial charge in [0.25, 0.3) is 0 Å². The highest BCUT2D eigenvalue weighted by atomic mass is 14.9. The Balaban J connectivity index is 1.70. The Morgan fingerprint density at radius 2 is 2.24 bits per heavy atom. The van der Waals surface area contributed by atoms with Crippen molar-refractivity contribution in [3.05, 3.63) is 36.0 Å². The summed E-state index contributed by atoms with van der Waals surface area (Å²) in [5.41, 5.74) is 2.66. The summed E-state index contributed by atoms with van der Waals surface area (Å²) in [7, 11) is 0. The Labute approximate surface area is 102 Å². The van der Waals surface area contributed by atoms with Gasteiger partial charge in [0.05, 0.1) is 0 Å². The fourth-order valence-electron chi connectivity index (χ4n) is 2.94. The van der Waals surface area contributed by atoms with Crippen molar-refractivity contribution in [2.75, 3.05) is 0 Å². The molecule has 1 aliphatic rings. The third-order valence-corrected chi connectivity index (χ3v) is 3.95. The van der Waals surface area contributed by atoms with Crippen molar-refractivity contribution in [3.63, 3.8) is 0 Å². The van der Waals surface area contributed by atoms with Gasteiger partial charge >= 0.3 is 0 Å². The van der Waals surface area contributed by atoms with Gasteiger partial charge in [-0.2, -0.15) is 0 Å². The minimum Gasteiger partial charge on any atom is -0.361 e. The van der Waals surface area contributed by atoms with E-state index in [1.54, 1.807) is 0 Å². The zero-order valence-electron chi connectivity index (χ0n) is 10.4. The van der Waals surface area contributed by atoms with Crippen LogP contribution in [-0.4, -0.2) is 11.0 Å². The topological polar surface area (TPSA) is 27.8 Å². The molecule has 0 spiro atoms. The molecule has 1 aliphatic carbocycles. The van der Waals surface area contributed by atoms with E-state index in [-0.39, 0.29) is 0 Å². The zero-order valence-corrected chi connectivity index (χ0v) is 10.4. The molecule has 2 heteroatoms. The van der Waals surface area contributed by atoms with Crippen LogP contribution in [0.3, 0.4) is 0 Å². The van der Waals surface area contributed by atoms with E-state index in [1.165, 1.54) is 35.7 Å². The van der Waals surface area contributed by atoms with E-state index in [1.807, 2.05) is 6.20 Å². The van der Waals surface area contributed by atoms with Crippen LogP contribution in [0.25, 0.3) is 10.9 Å². The van der Waals surface area contributed by atoms with Crippen LogP contribution < -0.4 is 5.32 Å². The van der Waals surface area contributed by atoms with Gasteiger partial charge in [0, 0.05) is 24.3 Å². The van der Waals surface area contributed by atoms with Crippen LogP contribution in [0.15, 0.2) is 30.5 Å². The highest BCUT2D eigenvalue weighted by Crippen LogP contribution is 2.25. The number of para-hydroxylation sites is 1. The Kier molecular flexibility index (Phi) is 2.89. The number of benzene rings is 1. The predicted molar refractivity (Wildman–Crippen MR) is 71.9 cm³/mol. The van der Waals surface area contributed by atoms with E-state index < -0.39 is 0 Å². The molecule has 0 bridgehead atoms. The third kappa shape index (κ3) is 2.22. The first kappa shape index (κ1) is 10.8. The summed E-state index contributed by atoms with van der Waals surface area (Å²) >= 11 is 0. The van der Waals surface area contributed by atoms with Gasteiger partial charge in [-0.25, -0.2) is 0 Å². The van der Waals surface area contributed by atoms with Gasteiger partial charge in [0.1, 0.15) is 0 Å². The molecular formula is C15H20N2. The Hall–Kier alpha value is -1.28. The molecule has 1 aromatic carbocycles. The maximum atomic E-state index is 3.69. The summed E-state index contributed by atoms with van der Waals surface area (Å²) in [5.74, 6) is 0.897. The molecule has 2 unspecified atom stereocenters. The number of nitrogens with one attached hydrogen (secondary N) is 2. The number of rotatable bonds is 3. The van der Waals surface area contributed by atoms with Crippen LogP contribution in [-0.2, 0) is 6.54 Å². The van der Waals surface area contributed by atoms with E-state index in [0.717, 1.165) is 18.5 Å². The molecule has 0 saturated heterocycles. The summed E-state index contributed by atoms with van der Waals surface area (Å²) in [6.07, 6.45) is 6.07. The monoisotopic (exact) mass is 228 g/mol. The van der Waals surface area contributed by atoms with Crippen molar-refractivity contribution in [1.29, 1.82) is 0 Å². The normalized spacial score (nSPS) is 24.5. The SMILES string of the molecule is CC1CCC(NCc2cccc3cc[nH]c23)C1. The maximum absolute atomic E-state index is 3.69. The molecule has 0 radical (unpaired) electrons. The lowest BCUT2D eigenvalue weighted by molar-refractivity contribution is 0.503. The molecule has 1 saturated carbocycles. The first-order chi connectivity index (χ1) is 8.33. The van der Waals surface area contributed by atoms with Gasteiger partial charge in [-0.15, -0.1) is 0 Å². The van der Waals surface area contributed by atoms with Crippen molar-refractivity contribution >= 4 is 10.9 Å². The highest BCUT2D eigenvalue weighted by molar-refractivity contribution is 5.82. The van der Waals surface area contributed by atoms with E-state index in [2.05, 4.69) is 41.5 Å². The van der Waals surface area contributed by atoms with Crippen molar-refractivity contribution in [2.24, 2.45) is 5.92 Å². The van der Waals surface area contributed by atoms with Crippen LogP contribution in [0.1, 0.15) is 31.7 Å². The third-order valence-electron chi connectivity index (χ3n) is 3.95. The molecule has 3 rings (SSSR count). The summed E-state index contributed by atoms with van der Waals surface area (Å²) in [4.78, 5) is 3.33. The standard InChI is InChI=1S/C15H20N2/c1-11-5-6-14(9-11)17-10-13-4-2-3-12-7-8-16-15(12)13/h2-4,7-8,11,14,16-17H,5-6,9-10H2,1H3. The second-order valence-electron chi connectivity index (χ2n) is 5.36. The van der Waals surface area contributed by atoms with Crippen LogP contribution >= 0.6 is 0 Å². The highest BCUT2D eigenvalue weighted by Gasteiger charge is 2.20. The van der Waals surface area contributed by atoms with Gasteiger partial charge in [0.2, 0.25) is 0 Å². The number of aromatic amines is 1. The molecule has 0 aliphatic heterocycles. The molecule has 1 heterocycles. The molecule has 2 N–H and O–H groups in total. The number of hydrogen-bond donors (Lipinski definition) is 2. The van der Waals surface area contributed by atoms with Crippen LogP contribution in [0, 0.1) is 5.92 Å². The molecule has 17 heavy (non-hydrogen) atoms. The first-order valence-electron chi connectivity index (χ1n) is 6.61. The summed E-state index contributed by atoms with van der Waals surface area (Å²) in [5, 5.41) is 5.00. The first-order valence-corrected chi connectivity index (χ1v) is 6.61. The molecule has 90 valence electrons. The lowest BCUT2D eigenvalue weighted by Gasteiger charge is -2.12. The van der Waals surface area contributed by atoms with Crippen LogP contribution in [0.4, 0.5) is 0 Å². The fourth-order valence-corrected chi connectivity index (χ4v) is 2.94. The van der Waals surface area contributed by atoms with Gasteiger partial charge in [-0.3, -0.25) is 0 Å². The Bertz CT molecular complexity index is 500. The molecule has 1 aromatic heterocycles. The molecule has 2 nitrogen and oxygen atoms in total. The van der Waals surface area contributed by atoms with Gasteiger partial charge in [0.15, 0.2) is 0 Å². The summed E-state index contributed by atoms with van der Waals surface area (Å²) in [6, 6.07) is 9.37. The molecular weight excluding hydrogens is 208 g/mol. The average molecular weight is 228 g/mol. The van der Waals surface area contributed by atoms with Crippen molar-refractivity contribution in [2.45, 2.75) is 38.8 Å². The smallest absolute Gasteiger partial charge is 0.0499 e. The lowest BCUT2D eigenvalue weighted by Crippen LogP contribution is -2.25. The van der Waals surface area contributed by atoms with Crippen molar-refractivity contribution in [3.8, 4) is 0 Å². The second kappa shape index (κ2) is 4.53. The van der Waals surface area contributed by atoms with Gasteiger partial charge in [-0.05, 0) is 42.2 Å². The lowest BCUT2D eigenvalue weighted by atomic mass is 10.1. The van der Waals surface area contributed by atoms with Gasteiger partial charge in [-0.1, -0.05) is 25.1 Å². The van der Waals surface area contributed by atoms with E-state index in [9.17, 15) is 0 Å². The molecule has 1 fully saturated rings. The predicted octanol–water partition coefficient (Wildman–Crippen LogP) is 3.45. The maximum Gasteiger partial charge on any atom is 0.0499 e. The van der Waals surface area contributed by atoms with E-state index in [4.69, 9.17) is 0 Å². The van der Waals surface area contributed by atoms with Crippen molar-refractivity contribution in [1.82, 2.24) is 10.3 Å². The number of H-pyrrole nitrogens is 1. The Morgan fingerprint density at radius 1 is 1.29 bits per heavy atom. The number of aromatic nitrogens is 1. The van der Waals surface area contributed by atoms with Gasteiger partial charge < -0.3 is 10.3 Å². The number of fused-ring (bicyclic) bond motifs is 1. The largest absolute Gasteiger partial charge is 0.361 e. The minimum atomic E-state index is 0.718. The second-order valence-corrected chi connectivity index (χ2v) is 5.36. The quantitative estimate of drug-likeness (QED) is 0.827. The Morgan fingerprint density at radius 3 is 3.06 bits per heavy atom. The van der Waals surface area contributed by atoms with E-state index >= 15 is 0 Å². The average Bonchev–Trinajstić information content (AvgIpc) is 2.94. The van der Waals surface area contributed by atoms with Crippen molar-refractivity contribution < 1.29 is 0 Å². The van der Waals surface area contributed by atoms with E-state index in [0.29, 0.717) is 0 Å². The summed E-state index contributed by atoms with van der Waals surface area (Å²) < 4.78 is 0. The molecule has 0 amide bonds. The fraction of sp³-hybridized carbons (Fsp3) is 0.467. The van der Waals surface area contributed by atoms with Crippen LogP contribution in [0.2, 0.25) is 0 Å².